The fraction of sp³-hybridized carbons (Fsp3) is 0.235. The van der Waals surface area contributed by atoms with E-state index in [4.69, 9.17) is 9.88 Å². The fourth-order valence-electron chi connectivity index (χ4n) is 2.71. The molecule has 1 aliphatic carbocycles. The highest BCUT2D eigenvalue weighted by molar-refractivity contribution is 7.89. The van der Waals surface area contributed by atoms with Gasteiger partial charge >= 0.3 is 0 Å². The molecule has 1 amide bonds. The van der Waals surface area contributed by atoms with Gasteiger partial charge in [-0.25, -0.2) is 13.6 Å². The van der Waals surface area contributed by atoms with Crippen molar-refractivity contribution in [2.24, 2.45) is 5.14 Å². The Bertz CT molecular complexity index is 861. The number of carbonyl (C=O) groups excluding carboxylic acids is 1. The van der Waals surface area contributed by atoms with Gasteiger partial charge in [-0.3, -0.25) is 4.79 Å². The lowest BCUT2D eigenvalue weighted by Gasteiger charge is -2.09. The van der Waals surface area contributed by atoms with Gasteiger partial charge in [-0.15, -0.1) is 0 Å². The van der Waals surface area contributed by atoms with Crippen molar-refractivity contribution in [1.82, 2.24) is 0 Å². The number of carbonyl (C=O) groups is 1. The number of ether oxygens (including phenoxy) is 1. The number of primary sulfonamides is 1. The van der Waals surface area contributed by atoms with Crippen LogP contribution in [0.15, 0.2) is 47.4 Å². The molecule has 24 heavy (non-hydrogen) atoms. The van der Waals surface area contributed by atoms with Crippen LogP contribution in [0.2, 0.25) is 0 Å². The molecule has 7 heteroatoms. The van der Waals surface area contributed by atoms with E-state index in [0.717, 1.165) is 19.3 Å². The number of benzene rings is 2. The van der Waals surface area contributed by atoms with Crippen molar-refractivity contribution in [3.05, 3.63) is 53.6 Å². The van der Waals surface area contributed by atoms with Crippen molar-refractivity contribution in [3.8, 4) is 5.75 Å². The molecular formula is C17H18N2O4S. The molecule has 3 N–H and O–H groups in total. The van der Waals surface area contributed by atoms with Crippen LogP contribution in [-0.4, -0.2) is 20.9 Å². The maximum absolute atomic E-state index is 11.9. The highest BCUT2D eigenvalue weighted by Crippen LogP contribution is 2.26. The number of hydrogen-bond acceptors (Lipinski definition) is 4. The summed E-state index contributed by atoms with van der Waals surface area (Å²) in [6, 6.07) is 11.5. The molecule has 0 spiro atoms. The molecule has 0 aliphatic heterocycles. The number of amides is 1. The van der Waals surface area contributed by atoms with Gasteiger partial charge in [-0.2, -0.15) is 0 Å². The molecule has 126 valence electrons. The second kappa shape index (κ2) is 6.62. The molecule has 0 aromatic heterocycles. The first-order valence-electron chi connectivity index (χ1n) is 7.59. The number of fused-ring (bicyclic) bond motifs is 1. The summed E-state index contributed by atoms with van der Waals surface area (Å²) in [6.07, 6.45) is 3.31. The van der Waals surface area contributed by atoms with Crippen LogP contribution >= 0.6 is 0 Å². The van der Waals surface area contributed by atoms with E-state index in [9.17, 15) is 13.2 Å². The van der Waals surface area contributed by atoms with Crippen LogP contribution in [0.5, 0.6) is 5.75 Å². The smallest absolute Gasteiger partial charge is 0.262 e. The zero-order valence-corrected chi connectivity index (χ0v) is 13.8. The van der Waals surface area contributed by atoms with Crippen LogP contribution in [-0.2, 0) is 27.7 Å². The van der Waals surface area contributed by atoms with E-state index >= 15 is 0 Å². The zero-order valence-electron chi connectivity index (χ0n) is 13.0. The van der Waals surface area contributed by atoms with E-state index in [1.807, 2.05) is 18.2 Å². The van der Waals surface area contributed by atoms with E-state index in [1.54, 1.807) is 0 Å². The number of hydrogen-bond donors (Lipinski definition) is 2. The Morgan fingerprint density at radius 2 is 1.79 bits per heavy atom. The third-order valence-electron chi connectivity index (χ3n) is 3.91. The number of anilines is 1. The molecule has 3 rings (SSSR count). The largest absolute Gasteiger partial charge is 0.484 e. The Morgan fingerprint density at radius 1 is 1.08 bits per heavy atom. The third-order valence-corrected chi connectivity index (χ3v) is 4.84. The quantitative estimate of drug-likeness (QED) is 0.863. The SMILES string of the molecule is NS(=O)(=O)c1ccc(NC(=O)COc2ccc3c(c2)CCC3)cc1. The normalized spacial score (nSPS) is 13.4. The van der Waals surface area contributed by atoms with Crippen molar-refractivity contribution in [2.45, 2.75) is 24.2 Å². The van der Waals surface area contributed by atoms with Crippen LogP contribution in [0.3, 0.4) is 0 Å². The zero-order chi connectivity index (χ0) is 17.2. The maximum Gasteiger partial charge on any atom is 0.262 e. The first kappa shape index (κ1) is 16.5. The van der Waals surface area contributed by atoms with Gasteiger partial charge in [-0.1, -0.05) is 6.07 Å². The Kier molecular flexibility index (Phi) is 4.55. The maximum atomic E-state index is 11.9. The van der Waals surface area contributed by atoms with E-state index in [2.05, 4.69) is 5.32 Å². The predicted molar refractivity (Wildman–Crippen MR) is 90.4 cm³/mol. The summed E-state index contributed by atoms with van der Waals surface area (Å²) >= 11 is 0. The average molecular weight is 346 g/mol. The van der Waals surface area contributed by atoms with Crippen molar-refractivity contribution in [1.29, 1.82) is 0 Å². The number of nitrogens with one attached hydrogen (secondary N) is 1. The highest BCUT2D eigenvalue weighted by Gasteiger charge is 2.12. The molecule has 0 heterocycles. The predicted octanol–water partition coefficient (Wildman–Crippen LogP) is 1.84. The number of sulfonamides is 1. The lowest BCUT2D eigenvalue weighted by Crippen LogP contribution is -2.20. The van der Waals surface area contributed by atoms with E-state index in [-0.39, 0.29) is 17.4 Å². The molecule has 2 aromatic rings. The first-order chi connectivity index (χ1) is 11.4. The summed E-state index contributed by atoms with van der Waals surface area (Å²) in [5.41, 5.74) is 3.11. The summed E-state index contributed by atoms with van der Waals surface area (Å²) < 4.78 is 27.9. The summed E-state index contributed by atoms with van der Waals surface area (Å²) in [5, 5.41) is 7.67. The Hall–Kier alpha value is -2.38. The van der Waals surface area contributed by atoms with Gasteiger partial charge in [0.25, 0.3) is 5.91 Å². The molecule has 0 radical (unpaired) electrons. The monoisotopic (exact) mass is 346 g/mol. The van der Waals surface area contributed by atoms with Gasteiger partial charge in [0.2, 0.25) is 10.0 Å². The molecule has 0 saturated carbocycles. The number of rotatable bonds is 5. The van der Waals surface area contributed by atoms with Gasteiger partial charge in [-0.05, 0) is 66.8 Å². The van der Waals surface area contributed by atoms with Gasteiger partial charge in [0, 0.05) is 5.69 Å². The summed E-state index contributed by atoms with van der Waals surface area (Å²) in [5.74, 6) is 0.356. The van der Waals surface area contributed by atoms with Crippen LogP contribution < -0.4 is 15.2 Å². The summed E-state index contributed by atoms with van der Waals surface area (Å²) in [4.78, 5) is 11.9. The average Bonchev–Trinajstić information content (AvgIpc) is 3.00. The fourth-order valence-corrected chi connectivity index (χ4v) is 3.23. The van der Waals surface area contributed by atoms with Crippen molar-refractivity contribution >= 4 is 21.6 Å². The Labute approximate surface area is 140 Å². The number of nitrogens with two attached hydrogens (primary N) is 1. The molecule has 0 atom stereocenters. The minimum absolute atomic E-state index is 0.00473. The molecule has 0 saturated heterocycles. The van der Waals surface area contributed by atoms with Crippen molar-refractivity contribution in [2.75, 3.05) is 11.9 Å². The molecule has 1 aliphatic rings. The van der Waals surface area contributed by atoms with Crippen LogP contribution in [0.25, 0.3) is 0 Å². The van der Waals surface area contributed by atoms with E-state index in [1.165, 1.54) is 35.4 Å². The van der Waals surface area contributed by atoms with Crippen molar-refractivity contribution < 1.29 is 17.9 Å². The van der Waals surface area contributed by atoms with Crippen LogP contribution in [0.1, 0.15) is 17.5 Å². The number of aryl methyl sites for hydroxylation is 2. The third kappa shape index (κ3) is 3.93. The van der Waals surface area contributed by atoms with Gasteiger partial charge < -0.3 is 10.1 Å². The van der Waals surface area contributed by atoms with Gasteiger partial charge in [0.1, 0.15) is 5.75 Å². The van der Waals surface area contributed by atoms with E-state index in [0.29, 0.717) is 11.4 Å². The van der Waals surface area contributed by atoms with E-state index < -0.39 is 10.0 Å². The molecular weight excluding hydrogens is 328 g/mol. The lowest BCUT2D eigenvalue weighted by atomic mass is 10.1. The van der Waals surface area contributed by atoms with Crippen LogP contribution in [0, 0.1) is 0 Å². The topological polar surface area (TPSA) is 98.5 Å². The molecule has 0 fully saturated rings. The molecule has 2 aromatic carbocycles. The molecule has 0 unspecified atom stereocenters. The lowest BCUT2D eigenvalue weighted by molar-refractivity contribution is -0.118. The Balaban J connectivity index is 1.56. The second-order valence-electron chi connectivity index (χ2n) is 5.69. The second-order valence-corrected chi connectivity index (χ2v) is 7.25. The molecule has 6 nitrogen and oxygen atoms in total. The highest BCUT2D eigenvalue weighted by atomic mass is 32.2. The first-order valence-corrected chi connectivity index (χ1v) is 9.14. The minimum Gasteiger partial charge on any atom is -0.484 e. The van der Waals surface area contributed by atoms with Gasteiger partial charge in [0.05, 0.1) is 4.90 Å². The molecule has 0 bridgehead atoms. The summed E-state index contributed by atoms with van der Waals surface area (Å²) in [6.45, 7) is -0.115. The van der Waals surface area contributed by atoms with Crippen LogP contribution in [0.4, 0.5) is 5.69 Å². The Morgan fingerprint density at radius 3 is 2.50 bits per heavy atom. The standard InChI is InChI=1S/C17H18N2O4S/c18-24(21,22)16-8-5-14(6-9-16)19-17(20)11-23-15-7-4-12-2-1-3-13(12)10-15/h4-10H,1-3,11H2,(H,19,20)(H2,18,21,22). The van der Waals surface area contributed by atoms with Crippen molar-refractivity contribution in [3.63, 3.8) is 0 Å². The summed E-state index contributed by atoms with van der Waals surface area (Å²) in [7, 11) is -3.74. The van der Waals surface area contributed by atoms with Gasteiger partial charge in [0.15, 0.2) is 6.61 Å². The minimum atomic E-state index is -3.74.